The van der Waals surface area contributed by atoms with Gasteiger partial charge in [0, 0.05) is 12.5 Å². The molecule has 0 fully saturated rings. The number of carboxylic acid groups (broad SMARTS) is 1. The van der Waals surface area contributed by atoms with Crippen LogP contribution < -0.4 is 11.1 Å². The van der Waals surface area contributed by atoms with E-state index in [0.29, 0.717) is 25.3 Å². The molecule has 0 heterocycles. The Morgan fingerprint density at radius 1 is 1.35 bits per heavy atom. The van der Waals surface area contributed by atoms with Crippen LogP contribution in [0.15, 0.2) is 0 Å². The van der Waals surface area contributed by atoms with Crippen molar-refractivity contribution in [2.24, 2.45) is 11.7 Å². The number of nitrogens with two attached hydrogens (primary N) is 1. The largest absolute Gasteiger partial charge is 0.481 e. The molecule has 0 rings (SSSR count). The molecule has 0 aliphatic heterocycles. The summed E-state index contributed by atoms with van der Waals surface area (Å²) in [6.45, 7) is 4.53. The maximum Gasteiger partial charge on any atom is 0.305 e. The molecule has 0 aromatic carbocycles. The van der Waals surface area contributed by atoms with Gasteiger partial charge in [-0.3, -0.25) is 9.59 Å². The van der Waals surface area contributed by atoms with E-state index in [4.69, 9.17) is 10.8 Å². The van der Waals surface area contributed by atoms with E-state index < -0.39 is 5.97 Å². The Labute approximate surface area is 103 Å². The predicted molar refractivity (Wildman–Crippen MR) is 66.5 cm³/mol. The van der Waals surface area contributed by atoms with Crippen molar-refractivity contribution in [3.8, 4) is 0 Å². The van der Waals surface area contributed by atoms with Gasteiger partial charge in [0.05, 0.1) is 6.42 Å². The van der Waals surface area contributed by atoms with Gasteiger partial charge in [-0.15, -0.1) is 0 Å². The molecule has 2 atom stereocenters. The van der Waals surface area contributed by atoms with E-state index in [1.807, 2.05) is 13.8 Å². The highest BCUT2D eigenvalue weighted by Gasteiger charge is 2.15. The van der Waals surface area contributed by atoms with Gasteiger partial charge in [0.2, 0.25) is 5.91 Å². The number of carboxylic acids is 1. The Morgan fingerprint density at radius 3 is 2.47 bits per heavy atom. The van der Waals surface area contributed by atoms with Gasteiger partial charge in [-0.05, 0) is 25.3 Å². The summed E-state index contributed by atoms with van der Waals surface area (Å²) in [6, 6.07) is -0.252. The standard InChI is InChI=1S/C12H24N2O3/c1-3-4-10(7-12(16)17)14-11(15)6-5-9(2)8-13/h9-10H,3-8,13H2,1-2H3,(H,14,15)(H,16,17). The van der Waals surface area contributed by atoms with Gasteiger partial charge in [-0.25, -0.2) is 0 Å². The minimum absolute atomic E-state index is 0.00791. The number of amides is 1. The highest BCUT2D eigenvalue weighted by Crippen LogP contribution is 2.06. The van der Waals surface area contributed by atoms with Crippen LogP contribution >= 0.6 is 0 Å². The van der Waals surface area contributed by atoms with Crippen molar-refractivity contribution in [2.75, 3.05) is 6.54 Å². The summed E-state index contributed by atoms with van der Waals surface area (Å²) < 4.78 is 0. The zero-order valence-electron chi connectivity index (χ0n) is 10.7. The molecule has 100 valence electrons. The minimum Gasteiger partial charge on any atom is -0.481 e. The Kier molecular flexibility index (Phi) is 8.40. The van der Waals surface area contributed by atoms with Gasteiger partial charge in [-0.1, -0.05) is 20.3 Å². The van der Waals surface area contributed by atoms with Crippen LogP contribution in [0.1, 0.15) is 46.0 Å². The van der Waals surface area contributed by atoms with Crippen LogP contribution in [-0.4, -0.2) is 29.6 Å². The number of aliphatic carboxylic acids is 1. The van der Waals surface area contributed by atoms with Crippen LogP contribution in [0.3, 0.4) is 0 Å². The number of rotatable bonds is 9. The van der Waals surface area contributed by atoms with Gasteiger partial charge in [0.1, 0.15) is 0 Å². The van der Waals surface area contributed by atoms with E-state index >= 15 is 0 Å². The van der Waals surface area contributed by atoms with E-state index in [1.54, 1.807) is 0 Å². The summed E-state index contributed by atoms with van der Waals surface area (Å²) in [4.78, 5) is 22.2. The molecule has 0 bridgehead atoms. The number of carbonyl (C=O) groups is 2. The molecule has 17 heavy (non-hydrogen) atoms. The first kappa shape index (κ1) is 15.9. The molecular formula is C12H24N2O3. The minimum atomic E-state index is -0.876. The van der Waals surface area contributed by atoms with E-state index in [-0.39, 0.29) is 18.4 Å². The molecule has 1 amide bonds. The zero-order chi connectivity index (χ0) is 13.3. The molecule has 0 aliphatic carbocycles. The predicted octanol–water partition coefficient (Wildman–Crippen LogP) is 1.12. The van der Waals surface area contributed by atoms with Crippen molar-refractivity contribution in [2.45, 2.75) is 52.0 Å². The highest BCUT2D eigenvalue weighted by molar-refractivity contribution is 5.77. The molecule has 0 spiro atoms. The number of hydrogen-bond donors (Lipinski definition) is 3. The normalized spacial score (nSPS) is 14.1. The summed E-state index contributed by atoms with van der Waals surface area (Å²) in [6.07, 6.45) is 2.71. The van der Waals surface area contributed by atoms with Gasteiger partial charge in [0.15, 0.2) is 0 Å². The molecule has 4 N–H and O–H groups in total. The molecule has 2 unspecified atom stereocenters. The van der Waals surface area contributed by atoms with Gasteiger partial charge in [0.25, 0.3) is 0 Å². The fourth-order valence-electron chi connectivity index (χ4n) is 1.58. The monoisotopic (exact) mass is 244 g/mol. The van der Waals surface area contributed by atoms with Crippen LogP contribution in [0, 0.1) is 5.92 Å². The second-order valence-electron chi connectivity index (χ2n) is 4.53. The third-order valence-electron chi connectivity index (χ3n) is 2.69. The quantitative estimate of drug-likeness (QED) is 0.566. The smallest absolute Gasteiger partial charge is 0.305 e. The first-order valence-electron chi connectivity index (χ1n) is 6.20. The lowest BCUT2D eigenvalue weighted by Gasteiger charge is -2.16. The van der Waals surface area contributed by atoms with Crippen LogP contribution in [-0.2, 0) is 9.59 Å². The molecule has 0 saturated carbocycles. The Bertz CT molecular complexity index is 244. The third-order valence-corrected chi connectivity index (χ3v) is 2.69. The summed E-state index contributed by atoms with van der Waals surface area (Å²) in [5.74, 6) is -0.631. The van der Waals surface area contributed by atoms with Gasteiger partial charge >= 0.3 is 5.97 Å². The molecular weight excluding hydrogens is 220 g/mol. The highest BCUT2D eigenvalue weighted by atomic mass is 16.4. The Balaban J connectivity index is 3.98. The molecule has 0 aromatic heterocycles. The molecule has 5 nitrogen and oxygen atoms in total. The Hall–Kier alpha value is -1.10. The SMILES string of the molecule is CCCC(CC(=O)O)NC(=O)CCC(C)CN. The van der Waals surface area contributed by atoms with Crippen molar-refractivity contribution in [1.82, 2.24) is 5.32 Å². The molecule has 0 radical (unpaired) electrons. The average Bonchev–Trinajstić information content (AvgIpc) is 2.25. The molecule has 5 heteroatoms. The van der Waals surface area contributed by atoms with Crippen molar-refractivity contribution in [1.29, 1.82) is 0 Å². The van der Waals surface area contributed by atoms with Gasteiger partial charge < -0.3 is 16.2 Å². The van der Waals surface area contributed by atoms with E-state index in [2.05, 4.69) is 5.32 Å². The fourth-order valence-corrected chi connectivity index (χ4v) is 1.58. The topological polar surface area (TPSA) is 92.4 Å². The zero-order valence-corrected chi connectivity index (χ0v) is 10.7. The third kappa shape index (κ3) is 8.68. The first-order valence-corrected chi connectivity index (χ1v) is 6.20. The summed E-state index contributed by atoms with van der Waals surface area (Å²) in [5.41, 5.74) is 5.46. The lowest BCUT2D eigenvalue weighted by atomic mass is 10.0. The van der Waals surface area contributed by atoms with E-state index in [9.17, 15) is 9.59 Å². The maximum absolute atomic E-state index is 11.6. The second-order valence-corrected chi connectivity index (χ2v) is 4.53. The van der Waals surface area contributed by atoms with Crippen molar-refractivity contribution in [3.05, 3.63) is 0 Å². The fraction of sp³-hybridized carbons (Fsp3) is 0.833. The first-order chi connectivity index (χ1) is 7.99. The van der Waals surface area contributed by atoms with Crippen molar-refractivity contribution < 1.29 is 14.7 Å². The average molecular weight is 244 g/mol. The lowest BCUT2D eigenvalue weighted by Crippen LogP contribution is -2.36. The van der Waals surface area contributed by atoms with Crippen LogP contribution in [0.25, 0.3) is 0 Å². The summed E-state index contributed by atoms with van der Waals surface area (Å²) in [7, 11) is 0. The van der Waals surface area contributed by atoms with E-state index in [1.165, 1.54) is 0 Å². The van der Waals surface area contributed by atoms with E-state index in [0.717, 1.165) is 12.8 Å². The molecule has 0 aromatic rings. The van der Waals surface area contributed by atoms with Crippen LogP contribution in [0.2, 0.25) is 0 Å². The Morgan fingerprint density at radius 2 is 2.00 bits per heavy atom. The maximum atomic E-state index is 11.6. The van der Waals surface area contributed by atoms with Crippen molar-refractivity contribution in [3.63, 3.8) is 0 Å². The number of hydrogen-bond acceptors (Lipinski definition) is 3. The molecule has 0 aliphatic rings. The number of nitrogens with one attached hydrogen (secondary N) is 1. The molecule has 0 saturated heterocycles. The van der Waals surface area contributed by atoms with Crippen LogP contribution in [0.4, 0.5) is 0 Å². The number of carbonyl (C=O) groups excluding carboxylic acids is 1. The van der Waals surface area contributed by atoms with Gasteiger partial charge in [-0.2, -0.15) is 0 Å². The van der Waals surface area contributed by atoms with Crippen LogP contribution in [0.5, 0.6) is 0 Å². The lowest BCUT2D eigenvalue weighted by molar-refractivity contribution is -0.137. The van der Waals surface area contributed by atoms with Crippen molar-refractivity contribution >= 4 is 11.9 Å². The summed E-state index contributed by atoms with van der Waals surface area (Å²) in [5, 5.41) is 11.5. The second kappa shape index (κ2) is 8.98. The summed E-state index contributed by atoms with van der Waals surface area (Å²) >= 11 is 0.